The standard InChI is InChI=1S/C26H52NO7P/c1-3-5-7-8-9-10-11-12-13-14-15-16-17-18-21-31-23-25(34-26(28)19-6-4-2)24-33-35(29,30)32-22-20-27/h10-11,25H,3-9,12-24,27H2,1-2H3,(H,29,30)/b11-10-. The van der Waals surface area contributed by atoms with Gasteiger partial charge < -0.3 is 20.1 Å². The van der Waals surface area contributed by atoms with Crippen LogP contribution in [-0.2, 0) is 27.9 Å². The molecule has 8 nitrogen and oxygen atoms in total. The third kappa shape index (κ3) is 24.7. The van der Waals surface area contributed by atoms with Gasteiger partial charge >= 0.3 is 13.8 Å². The van der Waals surface area contributed by atoms with Crippen LogP contribution in [0.5, 0.6) is 0 Å². The lowest BCUT2D eigenvalue weighted by atomic mass is 10.1. The van der Waals surface area contributed by atoms with Gasteiger partial charge in [-0.2, -0.15) is 0 Å². The van der Waals surface area contributed by atoms with Crippen LogP contribution in [0, 0.1) is 0 Å². The lowest BCUT2D eigenvalue weighted by Crippen LogP contribution is -2.28. The van der Waals surface area contributed by atoms with Gasteiger partial charge in [0, 0.05) is 19.6 Å². The van der Waals surface area contributed by atoms with Crippen LogP contribution in [0.3, 0.4) is 0 Å². The number of unbranched alkanes of at least 4 members (excludes halogenated alkanes) is 11. The van der Waals surface area contributed by atoms with Gasteiger partial charge in [-0.05, 0) is 38.5 Å². The van der Waals surface area contributed by atoms with Gasteiger partial charge in [-0.15, -0.1) is 0 Å². The summed E-state index contributed by atoms with van der Waals surface area (Å²) in [6, 6.07) is 0. The molecular formula is C26H52NO7P. The van der Waals surface area contributed by atoms with Crippen molar-refractivity contribution in [2.75, 3.05) is 33.0 Å². The fourth-order valence-electron chi connectivity index (χ4n) is 3.38. The summed E-state index contributed by atoms with van der Waals surface area (Å²) in [5.74, 6) is -0.369. The average molecular weight is 522 g/mol. The summed E-state index contributed by atoms with van der Waals surface area (Å²) < 4.78 is 32.5. The Morgan fingerprint density at radius 1 is 0.829 bits per heavy atom. The van der Waals surface area contributed by atoms with Crippen LogP contribution in [0.15, 0.2) is 12.2 Å². The van der Waals surface area contributed by atoms with Gasteiger partial charge in [-0.1, -0.05) is 77.4 Å². The van der Waals surface area contributed by atoms with Crippen LogP contribution in [-0.4, -0.2) is 49.9 Å². The Hall–Kier alpha value is -0.760. The monoisotopic (exact) mass is 521 g/mol. The first-order valence-electron chi connectivity index (χ1n) is 13.7. The van der Waals surface area contributed by atoms with E-state index in [1.165, 1.54) is 64.2 Å². The second-order valence-electron chi connectivity index (χ2n) is 8.91. The molecule has 0 aliphatic heterocycles. The fraction of sp³-hybridized carbons (Fsp3) is 0.885. The van der Waals surface area contributed by atoms with Crippen molar-refractivity contribution < 1.29 is 32.8 Å². The second-order valence-corrected chi connectivity index (χ2v) is 10.4. The normalized spacial score (nSPS) is 14.3. The summed E-state index contributed by atoms with van der Waals surface area (Å²) in [6.45, 7) is 4.61. The summed E-state index contributed by atoms with van der Waals surface area (Å²) in [7, 11) is -4.23. The summed E-state index contributed by atoms with van der Waals surface area (Å²) in [4.78, 5) is 21.6. The maximum absolute atomic E-state index is 12.0. The Balaban J connectivity index is 3.94. The van der Waals surface area contributed by atoms with Gasteiger partial charge in [-0.25, -0.2) is 4.57 Å². The number of phosphoric acid groups is 1. The topological polar surface area (TPSA) is 117 Å². The Bertz CT molecular complexity index is 560. The SMILES string of the molecule is CCCCCC/C=C\CCCCCCCCOCC(COP(=O)(O)OCCN)OC(=O)CCCC. The quantitative estimate of drug-likeness (QED) is 0.0577. The number of esters is 1. The molecule has 35 heavy (non-hydrogen) atoms. The van der Waals surface area contributed by atoms with E-state index in [4.69, 9.17) is 24.3 Å². The fourth-order valence-corrected chi connectivity index (χ4v) is 4.14. The van der Waals surface area contributed by atoms with Gasteiger partial charge in [0.2, 0.25) is 0 Å². The summed E-state index contributed by atoms with van der Waals surface area (Å²) in [5.41, 5.74) is 5.27. The van der Waals surface area contributed by atoms with Crippen LogP contribution in [0.2, 0.25) is 0 Å². The van der Waals surface area contributed by atoms with Crippen LogP contribution >= 0.6 is 7.82 Å². The first-order valence-corrected chi connectivity index (χ1v) is 15.2. The number of rotatable bonds is 26. The summed E-state index contributed by atoms with van der Waals surface area (Å²) in [6.07, 6.45) is 20.4. The predicted octanol–water partition coefficient (Wildman–Crippen LogP) is 6.45. The highest BCUT2D eigenvalue weighted by atomic mass is 31.2. The van der Waals surface area contributed by atoms with E-state index in [2.05, 4.69) is 19.1 Å². The molecule has 0 aliphatic rings. The highest BCUT2D eigenvalue weighted by molar-refractivity contribution is 7.47. The summed E-state index contributed by atoms with van der Waals surface area (Å²) in [5, 5.41) is 0. The minimum atomic E-state index is -4.23. The number of hydrogen-bond acceptors (Lipinski definition) is 7. The number of allylic oxidation sites excluding steroid dienone is 2. The lowest BCUT2D eigenvalue weighted by molar-refractivity contribution is -0.154. The van der Waals surface area contributed by atoms with E-state index in [0.717, 1.165) is 25.7 Å². The highest BCUT2D eigenvalue weighted by Gasteiger charge is 2.25. The van der Waals surface area contributed by atoms with Gasteiger partial charge in [-0.3, -0.25) is 13.8 Å². The van der Waals surface area contributed by atoms with E-state index < -0.39 is 13.9 Å². The van der Waals surface area contributed by atoms with Crippen LogP contribution in [0.25, 0.3) is 0 Å². The molecule has 0 bridgehead atoms. The molecular weight excluding hydrogens is 469 g/mol. The molecule has 2 unspecified atom stereocenters. The van der Waals surface area contributed by atoms with Crippen molar-refractivity contribution in [3.05, 3.63) is 12.2 Å². The Morgan fingerprint density at radius 2 is 1.43 bits per heavy atom. The number of carbonyl (C=O) groups is 1. The molecule has 0 saturated carbocycles. The molecule has 0 spiro atoms. The second kappa shape index (κ2) is 24.9. The average Bonchev–Trinajstić information content (AvgIpc) is 2.84. The van der Waals surface area contributed by atoms with Crippen molar-refractivity contribution in [3.8, 4) is 0 Å². The van der Waals surface area contributed by atoms with Crippen LogP contribution < -0.4 is 5.73 Å². The molecule has 0 aliphatic carbocycles. The number of phosphoric ester groups is 1. The molecule has 9 heteroatoms. The minimum absolute atomic E-state index is 0.0962. The zero-order valence-electron chi connectivity index (χ0n) is 22.3. The third-order valence-electron chi connectivity index (χ3n) is 5.43. The Morgan fingerprint density at radius 3 is 2.06 bits per heavy atom. The molecule has 0 heterocycles. The molecule has 0 aromatic heterocycles. The van der Waals surface area contributed by atoms with Gasteiger partial charge in [0.05, 0.1) is 19.8 Å². The summed E-state index contributed by atoms with van der Waals surface area (Å²) >= 11 is 0. The number of ether oxygens (including phenoxy) is 2. The molecule has 0 fully saturated rings. The van der Waals surface area contributed by atoms with Crippen LogP contribution in [0.1, 0.15) is 110 Å². The van der Waals surface area contributed by atoms with E-state index in [0.29, 0.717) is 13.0 Å². The van der Waals surface area contributed by atoms with Gasteiger partial charge in [0.15, 0.2) is 0 Å². The highest BCUT2D eigenvalue weighted by Crippen LogP contribution is 2.43. The molecule has 0 rings (SSSR count). The molecule has 0 aromatic rings. The maximum Gasteiger partial charge on any atom is 0.472 e. The smallest absolute Gasteiger partial charge is 0.457 e. The minimum Gasteiger partial charge on any atom is -0.457 e. The number of nitrogens with two attached hydrogens (primary N) is 1. The Labute approximate surface area is 213 Å². The third-order valence-corrected chi connectivity index (χ3v) is 6.42. The van der Waals surface area contributed by atoms with E-state index in [-0.39, 0.29) is 32.3 Å². The van der Waals surface area contributed by atoms with Crippen molar-refractivity contribution in [2.24, 2.45) is 5.73 Å². The van der Waals surface area contributed by atoms with Crippen molar-refractivity contribution in [1.29, 1.82) is 0 Å². The largest absolute Gasteiger partial charge is 0.472 e. The first-order chi connectivity index (χ1) is 16.9. The number of hydrogen-bond donors (Lipinski definition) is 2. The molecule has 208 valence electrons. The predicted molar refractivity (Wildman–Crippen MR) is 141 cm³/mol. The number of carbonyl (C=O) groups excluding carboxylic acids is 1. The van der Waals surface area contributed by atoms with Crippen molar-refractivity contribution >= 4 is 13.8 Å². The van der Waals surface area contributed by atoms with Crippen molar-refractivity contribution in [2.45, 2.75) is 116 Å². The van der Waals surface area contributed by atoms with E-state index >= 15 is 0 Å². The van der Waals surface area contributed by atoms with Gasteiger partial charge in [0.1, 0.15) is 6.10 Å². The molecule has 0 aromatic carbocycles. The van der Waals surface area contributed by atoms with Gasteiger partial charge in [0.25, 0.3) is 0 Å². The molecule has 3 N–H and O–H groups in total. The molecule has 2 atom stereocenters. The first kappa shape index (κ1) is 34.2. The maximum atomic E-state index is 12.0. The zero-order chi connectivity index (χ0) is 26.0. The lowest BCUT2D eigenvalue weighted by Gasteiger charge is -2.20. The molecule has 0 radical (unpaired) electrons. The van der Waals surface area contributed by atoms with Crippen LogP contribution in [0.4, 0.5) is 0 Å². The molecule has 0 saturated heterocycles. The zero-order valence-corrected chi connectivity index (χ0v) is 23.2. The van der Waals surface area contributed by atoms with E-state index in [9.17, 15) is 14.3 Å². The Kier molecular flexibility index (Phi) is 24.4. The van der Waals surface area contributed by atoms with Crippen molar-refractivity contribution in [3.63, 3.8) is 0 Å². The molecule has 0 amide bonds. The van der Waals surface area contributed by atoms with Crippen molar-refractivity contribution in [1.82, 2.24) is 0 Å². The van der Waals surface area contributed by atoms with E-state index in [1.807, 2.05) is 6.92 Å². The van der Waals surface area contributed by atoms with E-state index in [1.54, 1.807) is 0 Å².